The largest absolute Gasteiger partial charge is 0.382 e. The molecule has 13 heteroatoms. The Bertz CT molecular complexity index is 399. The van der Waals surface area contributed by atoms with Gasteiger partial charge in [0.2, 0.25) is 5.19 Å². The molecule has 0 rings (SSSR count). The highest BCUT2D eigenvalue weighted by Crippen LogP contribution is 2.56. The van der Waals surface area contributed by atoms with Gasteiger partial charge in [-0.3, -0.25) is 18.7 Å². The molecule has 6 N–H and O–H groups in total. The van der Waals surface area contributed by atoms with Crippen molar-refractivity contribution in [2.75, 3.05) is 0 Å². The third-order valence-corrected chi connectivity index (χ3v) is 5.24. The van der Waals surface area contributed by atoms with Crippen molar-refractivity contribution >= 4 is 28.0 Å². The molecule has 1 unspecified atom stereocenters. The third-order valence-electron chi connectivity index (χ3n) is 1.31. The molecule has 0 amide bonds. The molecule has 0 aromatic carbocycles. The fourth-order valence-electron chi connectivity index (χ4n) is 0.562. The van der Waals surface area contributed by atoms with E-state index in [1.54, 1.807) is 0 Å². The molecule has 0 heterocycles. The third kappa shape index (κ3) is 4.97. The Morgan fingerprint density at radius 2 is 1.25 bits per heavy atom. The Labute approximate surface area is 89.5 Å². The summed E-state index contributed by atoms with van der Waals surface area (Å²) in [5.41, 5.74) is 0. The summed E-state index contributed by atoms with van der Waals surface area (Å²) in [6, 6.07) is 0. The Kier molecular flexibility index (Phi) is 4.81. The van der Waals surface area contributed by atoms with Crippen LogP contribution in [0.4, 0.5) is 0 Å². The highest BCUT2D eigenvalue weighted by atomic mass is 31.2. The van der Waals surface area contributed by atoms with Gasteiger partial charge in [-0.2, -0.15) is 0 Å². The van der Waals surface area contributed by atoms with Crippen LogP contribution in [0.2, 0.25) is 0 Å². The SMILES string of the molecule is CC(N=C(P(=O)(O)O)P(=O)(O)O)P(=O)(O)O. The predicted molar refractivity (Wildman–Crippen MR) is 53.0 cm³/mol. The Balaban J connectivity index is 5.59. The predicted octanol–water partition coefficient (Wildman–Crippen LogP) is -0.779. The second kappa shape index (κ2) is 4.78. The van der Waals surface area contributed by atoms with Gasteiger partial charge in [-0.25, -0.2) is 0 Å². The monoisotopic (exact) mass is 297 g/mol. The molecule has 0 saturated heterocycles. The topological polar surface area (TPSA) is 185 Å². The van der Waals surface area contributed by atoms with Crippen molar-refractivity contribution in [1.29, 1.82) is 0 Å². The summed E-state index contributed by atoms with van der Waals surface area (Å²) in [4.78, 5) is 54.1. The molecule has 0 aliphatic rings. The van der Waals surface area contributed by atoms with Crippen LogP contribution in [0, 0.1) is 0 Å². The van der Waals surface area contributed by atoms with Crippen molar-refractivity contribution in [3.8, 4) is 0 Å². The fourth-order valence-corrected chi connectivity index (χ4v) is 3.02. The molecule has 0 aliphatic heterocycles. The minimum Gasteiger partial charge on any atom is -0.323 e. The Morgan fingerprint density at radius 1 is 0.938 bits per heavy atom. The first-order valence-corrected chi connectivity index (χ1v) is 8.42. The number of nitrogens with zero attached hydrogens (tertiary/aromatic N) is 1. The summed E-state index contributed by atoms with van der Waals surface area (Å²) < 4.78 is 31.9. The lowest BCUT2D eigenvalue weighted by Crippen LogP contribution is -2.07. The van der Waals surface area contributed by atoms with E-state index in [1.807, 2.05) is 0 Å². The number of rotatable bonds is 4. The van der Waals surface area contributed by atoms with E-state index in [9.17, 15) is 13.7 Å². The second-order valence-corrected chi connectivity index (χ2v) is 8.04. The van der Waals surface area contributed by atoms with Gasteiger partial charge < -0.3 is 29.4 Å². The molecule has 1 atom stereocenters. The van der Waals surface area contributed by atoms with Crippen LogP contribution in [0.3, 0.4) is 0 Å². The van der Waals surface area contributed by atoms with Crippen molar-refractivity contribution in [1.82, 2.24) is 0 Å². The molecule has 0 radical (unpaired) electrons. The van der Waals surface area contributed by atoms with Crippen LogP contribution < -0.4 is 0 Å². The first-order chi connectivity index (χ1) is 6.76. The maximum Gasteiger partial charge on any atom is 0.382 e. The van der Waals surface area contributed by atoms with Crippen LogP contribution in [0.1, 0.15) is 6.92 Å². The highest BCUT2D eigenvalue weighted by Gasteiger charge is 2.40. The van der Waals surface area contributed by atoms with Gasteiger partial charge in [0.15, 0.2) is 0 Å². The van der Waals surface area contributed by atoms with Gasteiger partial charge in [-0.15, -0.1) is 0 Å². The first kappa shape index (κ1) is 16.1. The van der Waals surface area contributed by atoms with E-state index >= 15 is 0 Å². The van der Waals surface area contributed by atoms with Crippen LogP contribution in [0.15, 0.2) is 4.99 Å². The van der Waals surface area contributed by atoms with E-state index < -0.39 is 33.8 Å². The summed E-state index contributed by atoms with van der Waals surface area (Å²) in [5.74, 6) is -1.96. The van der Waals surface area contributed by atoms with Gasteiger partial charge in [0, 0.05) is 0 Å². The van der Waals surface area contributed by atoms with Crippen LogP contribution in [-0.2, 0) is 13.7 Å². The molecule has 0 aromatic rings. The lowest BCUT2D eigenvalue weighted by atomic mass is 10.8. The minimum absolute atomic E-state index is 0.770. The maximum absolute atomic E-state index is 10.7. The van der Waals surface area contributed by atoms with E-state index in [1.165, 1.54) is 0 Å². The lowest BCUT2D eigenvalue weighted by Gasteiger charge is -2.13. The average molecular weight is 297 g/mol. The first-order valence-electron chi connectivity index (χ1n) is 3.51. The van der Waals surface area contributed by atoms with Crippen molar-refractivity contribution < 1.29 is 43.1 Å². The fraction of sp³-hybridized carbons (Fsp3) is 0.667. The van der Waals surface area contributed by atoms with Gasteiger partial charge in [-0.1, -0.05) is 0 Å². The zero-order valence-corrected chi connectivity index (χ0v) is 10.5. The average Bonchev–Trinajstić information content (AvgIpc) is 1.92. The zero-order chi connectivity index (χ0) is 13.4. The standard InChI is InChI=1S/C3H10NO9P3/c1-2(14(5,6)7)4-3(15(8,9)10)16(11,12)13/h2H,1H3,(H2,5,6,7)(H2,8,9,10)(H2,11,12,13). The van der Waals surface area contributed by atoms with Crippen LogP contribution in [-0.4, -0.2) is 40.3 Å². The van der Waals surface area contributed by atoms with Gasteiger partial charge in [0.05, 0.1) is 0 Å². The normalized spacial score (nSPS) is 15.7. The molecule has 0 aliphatic carbocycles. The van der Waals surface area contributed by atoms with Crippen molar-refractivity contribution in [2.45, 2.75) is 12.7 Å². The summed E-state index contributed by atoms with van der Waals surface area (Å²) in [6.07, 6.45) is 0. The lowest BCUT2D eigenvalue weighted by molar-refractivity contribution is 0.362. The second-order valence-electron chi connectivity index (χ2n) is 2.74. The summed E-state index contributed by atoms with van der Waals surface area (Å²) in [7, 11) is -15.6. The van der Waals surface area contributed by atoms with Crippen LogP contribution >= 0.6 is 22.8 Å². The summed E-state index contributed by atoms with van der Waals surface area (Å²) in [5, 5.41) is -1.84. The van der Waals surface area contributed by atoms with Crippen molar-refractivity contribution in [3.63, 3.8) is 0 Å². The maximum atomic E-state index is 10.7. The number of aliphatic imine (C=N–C) groups is 1. The summed E-state index contributed by atoms with van der Waals surface area (Å²) in [6.45, 7) is 0.770. The van der Waals surface area contributed by atoms with E-state index in [2.05, 4.69) is 4.99 Å². The molecule has 96 valence electrons. The zero-order valence-electron chi connectivity index (χ0n) is 7.77. The molecular weight excluding hydrogens is 287 g/mol. The molecule has 0 saturated carbocycles. The van der Waals surface area contributed by atoms with Gasteiger partial charge in [-0.05, 0) is 6.92 Å². The van der Waals surface area contributed by atoms with Crippen molar-refractivity contribution in [2.24, 2.45) is 4.99 Å². The minimum atomic E-state index is -5.38. The molecule has 0 aromatic heterocycles. The van der Waals surface area contributed by atoms with Gasteiger partial charge in [0.25, 0.3) is 0 Å². The summed E-state index contributed by atoms with van der Waals surface area (Å²) >= 11 is 0. The molecule has 10 nitrogen and oxygen atoms in total. The van der Waals surface area contributed by atoms with Crippen LogP contribution in [0.25, 0.3) is 0 Å². The number of hydrogen-bond donors (Lipinski definition) is 6. The smallest absolute Gasteiger partial charge is 0.323 e. The van der Waals surface area contributed by atoms with Crippen LogP contribution in [0.5, 0.6) is 0 Å². The van der Waals surface area contributed by atoms with E-state index in [0.717, 1.165) is 6.92 Å². The molecule has 0 fully saturated rings. The Hall–Kier alpha value is 0.120. The van der Waals surface area contributed by atoms with E-state index in [4.69, 9.17) is 29.4 Å². The van der Waals surface area contributed by atoms with E-state index in [0.29, 0.717) is 0 Å². The quantitative estimate of drug-likeness (QED) is 0.286. The van der Waals surface area contributed by atoms with Gasteiger partial charge >= 0.3 is 22.8 Å². The molecule has 0 bridgehead atoms. The molecule has 16 heavy (non-hydrogen) atoms. The Morgan fingerprint density at radius 3 is 1.44 bits per heavy atom. The molecular formula is C3H10NO9P3. The van der Waals surface area contributed by atoms with Crippen molar-refractivity contribution in [3.05, 3.63) is 0 Å². The van der Waals surface area contributed by atoms with E-state index in [-0.39, 0.29) is 0 Å². The highest BCUT2D eigenvalue weighted by molar-refractivity contribution is 7.97. The van der Waals surface area contributed by atoms with Gasteiger partial charge in [0.1, 0.15) is 5.78 Å². The molecule has 0 spiro atoms. The number of hydrogen-bond acceptors (Lipinski definition) is 4.